The largest absolute Gasteiger partial charge is 0.0654 e. The summed E-state index contributed by atoms with van der Waals surface area (Å²) in [6, 6.07) is 9.17. The molecule has 16 heavy (non-hydrogen) atoms. The molecule has 0 aromatic heterocycles. The topological polar surface area (TPSA) is 0 Å². The van der Waals surface area contributed by atoms with Gasteiger partial charge >= 0.3 is 0 Å². The highest BCUT2D eigenvalue weighted by Crippen LogP contribution is 2.29. The molecule has 1 aromatic rings. The third-order valence-electron chi connectivity index (χ3n) is 3.55. The van der Waals surface area contributed by atoms with Gasteiger partial charge in [0.1, 0.15) is 0 Å². The van der Waals surface area contributed by atoms with Crippen molar-refractivity contribution in [1.82, 2.24) is 0 Å². The summed E-state index contributed by atoms with van der Waals surface area (Å²) in [6.45, 7) is 9.21. The SMILES string of the molecule is CCCCCC(C)(C)c1ccc(CC)cc1. The van der Waals surface area contributed by atoms with Crippen molar-refractivity contribution in [2.75, 3.05) is 0 Å². The predicted molar refractivity (Wildman–Crippen MR) is 73.0 cm³/mol. The average molecular weight is 218 g/mol. The standard InChI is InChI=1S/C16H26/c1-5-7-8-13-16(3,4)15-11-9-14(6-2)10-12-15/h9-12H,5-8,13H2,1-4H3. The average Bonchev–Trinajstić information content (AvgIpc) is 2.29. The molecular weight excluding hydrogens is 192 g/mol. The van der Waals surface area contributed by atoms with Crippen LogP contribution in [0.4, 0.5) is 0 Å². The summed E-state index contributed by atoms with van der Waals surface area (Å²) in [5.74, 6) is 0. The molecule has 0 saturated carbocycles. The van der Waals surface area contributed by atoms with Crippen LogP contribution in [0, 0.1) is 0 Å². The smallest absolute Gasteiger partial charge is 0.0104 e. The molecule has 0 aliphatic carbocycles. The Kier molecular flexibility index (Phi) is 5.05. The highest BCUT2D eigenvalue weighted by Gasteiger charge is 2.19. The molecule has 0 amide bonds. The zero-order valence-electron chi connectivity index (χ0n) is 11.3. The fraction of sp³-hybridized carbons (Fsp3) is 0.625. The zero-order valence-corrected chi connectivity index (χ0v) is 11.3. The van der Waals surface area contributed by atoms with Crippen molar-refractivity contribution in [3.8, 4) is 0 Å². The van der Waals surface area contributed by atoms with E-state index in [4.69, 9.17) is 0 Å². The van der Waals surface area contributed by atoms with Gasteiger partial charge in [0.15, 0.2) is 0 Å². The Morgan fingerprint density at radius 1 is 0.938 bits per heavy atom. The molecule has 0 atom stereocenters. The van der Waals surface area contributed by atoms with Crippen LogP contribution in [0.1, 0.15) is 64.5 Å². The molecule has 1 rings (SSSR count). The van der Waals surface area contributed by atoms with E-state index >= 15 is 0 Å². The fourth-order valence-corrected chi connectivity index (χ4v) is 2.15. The van der Waals surface area contributed by atoms with Gasteiger partial charge < -0.3 is 0 Å². The Balaban J connectivity index is 2.65. The van der Waals surface area contributed by atoms with Crippen LogP contribution in [0.5, 0.6) is 0 Å². The zero-order chi connectivity index (χ0) is 12.0. The van der Waals surface area contributed by atoms with Crippen LogP contribution in [0.2, 0.25) is 0 Å². The molecule has 0 aliphatic rings. The minimum absolute atomic E-state index is 0.335. The highest BCUT2D eigenvalue weighted by molar-refractivity contribution is 5.28. The lowest BCUT2D eigenvalue weighted by Crippen LogP contribution is -2.16. The van der Waals surface area contributed by atoms with Crippen molar-refractivity contribution in [2.45, 2.75) is 65.2 Å². The van der Waals surface area contributed by atoms with E-state index in [2.05, 4.69) is 52.0 Å². The van der Waals surface area contributed by atoms with E-state index in [9.17, 15) is 0 Å². The van der Waals surface area contributed by atoms with E-state index in [1.165, 1.54) is 36.8 Å². The molecule has 0 N–H and O–H groups in total. The van der Waals surface area contributed by atoms with Crippen molar-refractivity contribution >= 4 is 0 Å². The predicted octanol–water partition coefficient (Wildman–Crippen LogP) is 5.11. The molecule has 0 nitrogen and oxygen atoms in total. The van der Waals surface area contributed by atoms with Crippen LogP contribution in [0.15, 0.2) is 24.3 Å². The molecule has 0 radical (unpaired) electrons. The Morgan fingerprint density at radius 3 is 2.06 bits per heavy atom. The van der Waals surface area contributed by atoms with Crippen LogP contribution in [-0.4, -0.2) is 0 Å². The van der Waals surface area contributed by atoms with Crippen LogP contribution in [-0.2, 0) is 11.8 Å². The van der Waals surface area contributed by atoms with Crippen molar-refractivity contribution in [3.63, 3.8) is 0 Å². The Labute approximate surface area is 101 Å². The lowest BCUT2D eigenvalue weighted by Gasteiger charge is -2.25. The maximum Gasteiger partial charge on any atom is -0.0104 e. The van der Waals surface area contributed by atoms with Gasteiger partial charge in [-0.25, -0.2) is 0 Å². The minimum Gasteiger partial charge on any atom is -0.0654 e. The second-order valence-corrected chi connectivity index (χ2v) is 5.39. The number of unbranched alkanes of at least 4 members (excludes halogenated alkanes) is 2. The summed E-state index contributed by atoms with van der Waals surface area (Å²) in [6.07, 6.45) is 6.45. The molecule has 0 unspecified atom stereocenters. The first-order chi connectivity index (χ1) is 7.60. The van der Waals surface area contributed by atoms with E-state index in [0.29, 0.717) is 5.41 Å². The first-order valence-corrected chi connectivity index (χ1v) is 6.69. The van der Waals surface area contributed by atoms with Gasteiger partial charge in [-0.15, -0.1) is 0 Å². The number of rotatable bonds is 6. The van der Waals surface area contributed by atoms with Gasteiger partial charge in [-0.3, -0.25) is 0 Å². The summed E-state index contributed by atoms with van der Waals surface area (Å²) in [4.78, 5) is 0. The molecule has 0 heterocycles. The van der Waals surface area contributed by atoms with Crippen molar-refractivity contribution in [1.29, 1.82) is 0 Å². The first-order valence-electron chi connectivity index (χ1n) is 6.69. The Morgan fingerprint density at radius 2 is 1.56 bits per heavy atom. The van der Waals surface area contributed by atoms with E-state index in [-0.39, 0.29) is 0 Å². The van der Waals surface area contributed by atoms with Gasteiger partial charge in [0.2, 0.25) is 0 Å². The lowest BCUT2D eigenvalue weighted by atomic mass is 9.80. The Bertz CT molecular complexity index is 292. The number of hydrogen-bond donors (Lipinski definition) is 0. The lowest BCUT2D eigenvalue weighted by molar-refractivity contribution is 0.450. The Hall–Kier alpha value is -0.780. The molecule has 0 aliphatic heterocycles. The van der Waals surface area contributed by atoms with Crippen LogP contribution in [0.25, 0.3) is 0 Å². The summed E-state index contributed by atoms with van der Waals surface area (Å²) >= 11 is 0. The molecular formula is C16H26. The number of aryl methyl sites for hydroxylation is 1. The maximum absolute atomic E-state index is 2.36. The van der Waals surface area contributed by atoms with Crippen LogP contribution in [0.3, 0.4) is 0 Å². The molecule has 0 heteroatoms. The second kappa shape index (κ2) is 6.08. The first kappa shape index (κ1) is 13.3. The second-order valence-electron chi connectivity index (χ2n) is 5.39. The molecule has 90 valence electrons. The van der Waals surface area contributed by atoms with Gasteiger partial charge in [-0.2, -0.15) is 0 Å². The van der Waals surface area contributed by atoms with Crippen molar-refractivity contribution < 1.29 is 0 Å². The third kappa shape index (κ3) is 3.66. The molecule has 0 bridgehead atoms. The van der Waals surface area contributed by atoms with E-state index < -0.39 is 0 Å². The van der Waals surface area contributed by atoms with Gasteiger partial charge in [-0.1, -0.05) is 71.2 Å². The molecule has 0 spiro atoms. The van der Waals surface area contributed by atoms with Gasteiger partial charge in [0.05, 0.1) is 0 Å². The van der Waals surface area contributed by atoms with Crippen molar-refractivity contribution in [3.05, 3.63) is 35.4 Å². The van der Waals surface area contributed by atoms with E-state index in [1.54, 1.807) is 0 Å². The quantitative estimate of drug-likeness (QED) is 0.582. The fourth-order valence-electron chi connectivity index (χ4n) is 2.15. The minimum atomic E-state index is 0.335. The monoisotopic (exact) mass is 218 g/mol. The van der Waals surface area contributed by atoms with Gasteiger partial charge in [0.25, 0.3) is 0 Å². The summed E-state index contributed by atoms with van der Waals surface area (Å²) in [5.41, 5.74) is 3.26. The summed E-state index contributed by atoms with van der Waals surface area (Å²) in [5, 5.41) is 0. The third-order valence-corrected chi connectivity index (χ3v) is 3.55. The van der Waals surface area contributed by atoms with E-state index in [0.717, 1.165) is 6.42 Å². The number of benzene rings is 1. The summed E-state index contributed by atoms with van der Waals surface area (Å²) < 4.78 is 0. The van der Waals surface area contributed by atoms with E-state index in [1.807, 2.05) is 0 Å². The summed E-state index contributed by atoms with van der Waals surface area (Å²) in [7, 11) is 0. The molecule has 1 aromatic carbocycles. The normalized spacial score (nSPS) is 11.8. The van der Waals surface area contributed by atoms with Crippen molar-refractivity contribution in [2.24, 2.45) is 0 Å². The van der Waals surface area contributed by atoms with Gasteiger partial charge in [-0.05, 0) is 29.4 Å². The van der Waals surface area contributed by atoms with Gasteiger partial charge in [0, 0.05) is 0 Å². The maximum atomic E-state index is 2.36. The van der Waals surface area contributed by atoms with Crippen LogP contribution < -0.4 is 0 Å². The molecule has 0 fully saturated rings. The highest BCUT2D eigenvalue weighted by atomic mass is 14.2. The number of hydrogen-bond acceptors (Lipinski definition) is 0. The van der Waals surface area contributed by atoms with Crippen LogP contribution >= 0.6 is 0 Å². The molecule has 0 saturated heterocycles.